The lowest BCUT2D eigenvalue weighted by Crippen LogP contribution is -2.41. The van der Waals surface area contributed by atoms with Crippen LogP contribution in [0.2, 0.25) is 10.0 Å². The fourth-order valence-electron chi connectivity index (χ4n) is 2.20. The minimum atomic E-state index is 0.554. The van der Waals surface area contributed by atoms with Crippen LogP contribution in [0.1, 0.15) is 13.8 Å². The number of hydrogen-bond donors (Lipinski definition) is 1. The molecule has 1 aromatic heterocycles. The molecule has 2 atom stereocenters. The number of pyridine rings is 1. The summed E-state index contributed by atoms with van der Waals surface area (Å²) in [5.41, 5.74) is 0. The van der Waals surface area contributed by atoms with Crippen molar-refractivity contribution in [3.63, 3.8) is 0 Å². The molecule has 0 radical (unpaired) electrons. The van der Waals surface area contributed by atoms with Crippen LogP contribution in [0.5, 0.6) is 0 Å². The number of anilines is 2. The first-order chi connectivity index (χ1) is 8.51. The lowest BCUT2D eigenvalue weighted by molar-refractivity contribution is 0.719. The lowest BCUT2D eigenvalue weighted by atomic mass is 10.3. The van der Waals surface area contributed by atoms with Crippen molar-refractivity contribution in [1.82, 2.24) is 4.98 Å². The van der Waals surface area contributed by atoms with Gasteiger partial charge in [0.25, 0.3) is 0 Å². The van der Waals surface area contributed by atoms with Gasteiger partial charge in [0.05, 0.1) is 10.0 Å². The Morgan fingerprint density at radius 2 is 1.89 bits per heavy atom. The Morgan fingerprint density at radius 1 is 1.28 bits per heavy atom. The smallest absolute Gasteiger partial charge is 0.150 e. The number of nitrogens with zero attached hydrogens (tertiary/aromatic N) is 2. The first-order valence-corrected chi connectivity index (χ1v) is 7.65. The van der Waals surface area contributed by atoms with Crippen molar-refractivity contribution in [3.05, 3.63) is 16.1 Å². The first kappa shape index (κ1) is 14.1. The van der Waals surface area contributed by atoms with Gasteiger partial charge in [-0.15, -0.1) is 0 Å². The van der Waals surface area contributed by atoms with Gasteiger partial charge in [0.2, 0.25) is 0 Å². The van der Waals surface area contributed by atoms with Crippen molar-refractivity contribution >= 4 is 46.6 Å². The molecule has 1 aromatic rings. The molecular formula is C12H17Cl2N3S. The lowest BCUT2D eigenvalue weighted by Gasteiger charge is -2.36. The second kappa shape index (κ2) is 5.76. The van der Waals surface area contributed by atoms with Crippen LogP contribution >= 0.6 is 35.0 Å². The maximum Gasteiger partial charge on any atom is 0.150 e. The summed E-state index contributed by atoms with van der Waals surface area (Å²) in [7, 11) is 1.81. The molecule has 2 rings (SSSR count). The van der Waals surface area contributed by atoms with Crippen LogP contribution in [0, 0.1) is 0 Å². The molecule has 1 aliphatic heterocycles. The first-order valence-electron chi connectivity index (χ1n) is 5.95. The summed E-state index contributed by atoms with van der Waals surface area (Å²) in [6.07, 6.45) is 0. The fourth-order valence-corrected chi connectivity index (χ4v) is 4.10. The largest absolute Gasteiger partial charge is 0.372 e. The van der Waals surface area contributed by atoms with Crippen molar-refractivity contribution in [2.24, 2.45) is 0 Å². The minimum Gasteiger partial charge on any atom is -0.372 e. The topological polar surface area (TPSA) is 28.2 Å². The summed E-state index contributed by atoms with van der Waals surface area (Å²) in [6, 6.07) is 1.76. The average Bonchev–Trinajstić information content (AvgIpc) is 2.27. The Labute approximate surface area is 122 Å². The predicted molar refractivity (Wildman–Crippen MR) is 82.5 cm³/mol. The number of aromatic nitrogens is 1. The highest BCUT2D eigenvalue weighted by atomic mass is 35.5. The van der Waals surface area contributed by atoms with E-state index in [1.807, 2.05) is 18.8 Å². The molecule has 100 valence electrons. The molecule has 1 saturated heterocycles. The predicted octanol–water partition coefficient (Wildman–Crippen LogP) is 3.76. The van der Waals surface area contributed by atoms with Gasteiger partial charge < -0.3 is 10.2 Å². The summed E-state index contributed by atoms with van der Waals surface area (Å²) >= 11 is 14.3. The van der Waals surface area contributed by atoms with Crippen molar-refractivity contribution in [1.29, 1.82) is 0 Å². The highest BCUT2D eigenvalue weighted by Crippen LogP contribution is 2.35. The van der Waals surface area contributed by atoms with E-state index in [4.69, 9.17) is 23.2 Å². The fraction of sp³-hybridized carbons (Fsp3) is 0.583. The van der Waals surface area contributed by atoms with E-state index in [9.17, 15) is 0 Å². The Balaban J connectivity index is 2.32. The summed E-state index contributed by atoms with van der Waals surface area (Å²) in [5, 5.41) is 5.33. The van der Waals surface area contributed by atoms with Gasteiger partial charge in [-0.05, 0) is 6.07 Å². The zero-order valence-corrected chi connectivity index (χ0v) is 13.0. The highest BCUT2D eigenvalue weighted by Gasteiger charge is 2.25. The molecule has 0 bridgehead atoms. The number of halogens is 2. The van der Waals surface area contributed by atoms with Gasteiger partial charge in [-0.2, -0.15) is 11.8 Å². The molecule has 3 nitrogen and oxygen atoms in total. The molecule has 6 heteroatoms. The van der Waals surface area contributed by atoms with Gasteiger partial charge in [-0.25, -0.2) is 4.98 Å². The number of hydrogen-bond acceptors (Lipinski definition) is 4. The normalized spacial score (nSPS) is 24.2. The molecule has 0 amide bonds. The second-order valence-electron chi connectivity index (χ2n) is 4.54. The van der Waals surface area contributed by atoms with E-state index in [0.717, 1.165) is 18.9 Å². The molecule has 0 aromatic carbocycles. The molecule has 0 saturated carbocycles. The third-order valence-corrected chi connectivity index (χ3v) is 4.66. The van der Waals surface area contributed by atoms with Crippen LogP contribution in [0.15, 0.2) is 6.07 Å². The Hall–Kier alpha value is -0.320. The molecule has 0 aliphatic carbocycles. The van der Waals surface area contributed by atoms with E-state index in [0.29, 0.717) is 26.4 Å². The monoisotopic (exact) mass is 305 g/mol. The van der Waals surface area contributed by atoms with Crippen molar-refractivity contribution in [2.75, 3.05) is 30.4 Å². The summed E-state index contributed by atoms with van der Waals surface area (Å²) in [5.74, 6) is 1.50. The van der Waals surface area contributed by atoms with Crippen LogP contribution in [-0.4, -0.2) is 35.6 Å². The van der Waals surface area contributed by atoms with E-state index >= 15 is 0 Å². The van der Waals surface area contributed by atoms with Gasteiger partial charge in [0, 0.05) is 30.6 Å². The molecule has 2 heterocycles. The minimum absolute atomic E-state index is 0.554. The van der Waals surface area contributed by atoms with Crippen LogP contribution in [0.25, 0.3) is 0 Å². The molecule has 1 fully saturated rings. The van der Waals surface area contributed by atoms with Crippen LogP contribution in [-0.2, 0) is 0 Å². The molecule has 1 N–H and O–H groups in total. The van der Waals surface area contributed by atoms with E-state index in [1.165, 1.54) is 0 Å². The Morgan fingerprint density at radius 3 is 2.44 bits per heavy atom. The van der Waals surface area contributed by atoms with Gasteiger partial charge in [-0.3, -0.25) is 0 Å². The average molecular weight is 306 g/mol. The Kier molecular flexibility index (Phi) is 4.51. The maximum atomic E-state index is 6.26. The molecule has 1 aliphatic rings. The molecule has 2 unspecified atom stereocenters. The van der Waals surface area contributed by atoms with Crippen LogP contribution in [0.3, 0.4) is 0 Å². The summed E-state index contributed by atoms with van der Waals surface area (Å²) in [4.78, 5) is 6.77. The van der Waals surface area contributed by atoms with Gasteiger partial charge >= 0.3 is 0 Å². The van der Waals surface area contributed by atoms with E-state index < -0.39 is 0 Å². The van der Waals surface area contributed by atoms with E-state index in [1.54, 1.807) is 6.07 Å². The van der Waals surface area contributed by atoms with Gasteiger partial charge in [0.1, 0.15) is 11.6 Å². The molecular weight excluding hydrogens is 289 g/mol. The van der Waals surface area contributed by atoms with Crippen molar-refractivity contribution in [3.8, 4) is 0 Å². The third-order valence-electron chi connectivity index (χ3n) is 2.87. The van der Waals surface area contributed by atoms with Crippen molar-refractivity contribution < 1.29 is 0 Å². The zero-order chi connectivity index (χ0) is 13.3. The van der Waals surface area contributed by atoms with Gasteiger partial charge in [0.15, 0.2) is 0 Å². The van der Waals surface area contributed by atoms with Crippen molar-refractivity contribution in [2.45, 2.75) is 24.3 Å². The Bertz CT molecular complexity index is 432. The number of thioether (sulfide) groups is 1. The summed E-state index contributed by atoms with van der Waals surface area (Å²) < 4.78 is 0. The third kappa shape index (κ3) is 2.98. The molecule has 18 heavy (non-hydrogen) atoms. The second-order valence-corrected chi connectivity index (χ2v) is 7.23. The zero-order valence-electron chi connectivity index (χ0n) is 10.7. The highest BCUT2D eigenvalue weighted by molar-refractivity contribution is 8.00. The standard InChI is InChI=1S/C12H17Cl2N3S/c1-7-5-17(6-8(2)18-7)12-10(14)4-9(13)11(15-3)16-12/h4,7-8H,5-6H2,1-3H3,(H,15,16). The number of rotatable bonds is 2. The van der Waals surface area contributed by atoms with Crippen LogP contribution in [0.4, 0.5) is 11.6 Å². The SMILES string of the molecule is CNc1nc(N2CC(C)SC(C)C2)c(Cl)cc1Cl. The van der Waals surface area contributed by atoms with Gasteiger partial charge in [-0.1, -0.05) is 37.0 Å². The number of nitrogens with one attached hydrogen (secondary N) is 1. The molecule has 0 spiro atoms. The van der Waals surface area contributed by atoms with E-state index in [2.05, 4.69) is 29.0 Å². The quantitative estimate of drug-likeness (QED) is 0.900. The van der Waals surface area contributed by atoms with E-state index in [-0.39, 0.29) is 0 Å². The maximum absolute atomic E-state index is 6.26. The van der Waals surface area contributed by atoms with Crippen LogP contribution < -0.4 is 10.2 Å². The summed E-state index contributed by atoms with van der Waals surface area (Å²) in [6.45, 7) is 6.39.